The van der Waals surface area contributed by atoms with Gasteiger partial charge in [0.25, 0.3) is 0 Å². The lowest BCUT2D eigenvalue weighted by atomic mass is 10.0. The molecule has 0 fully saturated rings. The Bertz CT molecular complexity index is 2090. The molecule has 0 N–H and O–H groups in total. The monoisotopic (exact) mass is 594 g/mol. The molecular weight excluding hydrogens is 564 g/mol. The van der Waals surface area contributed by atoms with Gasteiger partial charge in [-0.3, -0.25) is 9.55 Å². The second kappa shape index (κ2) is 12.8. The van der Waals surface area contributed by atoms with Crippen molar-refractivity contribution in [3.63, 3.8) is 0 Å². The van der Waals surface area contributed by atoms with E-state index in [1.807, 2.05) is 97.9 Å². The van der Waals surface area contributed by atoms with Crippen LogP contribution in [0.1, 0.15) is 11.4 Å². The first kappa shape index (κ1) is 28.5. The van der Waals surface area contributed by atoms with Gasteiger partial charge in [0.15, 0.2) is 23.3 Å². The van der Waals surface area contributed by atoms with Gasteiger partial charge in [-0.25, -0.2) is 19.9 Å². The van der Waals surface area contributed by atoms with E-state index in [1.54, 1.807) is 12.3 Å². The van der Waals surface area contributed by atoms with E-state index < -0.39 is 0 Å². The summed E-state index contributed by atoms with van der Waals surface area (Å²) in [6.45, 7) is 5.87. The summed E-state index contributed by atoms with van der Waals surface area (Å²) in [5.74, 6) is 2.69. The van der Waals surface area contributed by atoms with Gasteiger partial charge < -0.3 is 0 Å². The largest absolute Gasteiger partial charge is 0.291 e. The first-order valence-corrected chi connectivity index (χ1v) is 15.1. The fraction of sp³-hybridized carbons (Fsp3) is 0.0250. The van der Waals surface area contributed by atoms with E-state index in [9.17, 15) is 0 Å². The van der Waals surface area contributed by atoms with E-state index >= 15 is 0 Å². The van der Waals surface area contributed by atoms with E-state index in [-0.39, 0.29) is 0 Å². The molecule has 0 spiro atoms. The van der Waals surface area contributed by atoms with Crippen molar-refractivity contribution in [3.05, 3.63) is 164 Å². The SMILES string of the molecule is C=C/C=C\c1c(C)nc(-c2ccccn2)n1-c1cccc(-c2ccc(-c3nc(-c4ccccc4)nc(-c4ccccc4)n3)cc2)c1. The Morgan fingerprint density at radius 2 is 1.13 bits per heavy atom. The van der Waals surface area contributed by atoms with E-state index in [0.29, 0.717) is 17.5 Å². The molecule has 0 bridgehead atoms. The van der Waals surface area contributed by atoms with Crippen molar-refractivity contribution in [1.29, 1.82) is 0 Å². The molecular formula is C40H30N6. The number of imidazole rings is 1. The molecule has 220 valence electrons. The maximum atomic E-state index is 4.91. The Labute approximate surface area is 268 Å². The third kappa shape index (κ3) is 5.79. The van der Waals surface area contributed by atoms with Crippen LogP contribution in [0.4, 0.5) is 0 Å². The highest BCUT2D eigenvalue weighted by molar-refractivity contribution is 5.73. The first-order valence-electron chi connectivity index (χ1n) is 15.1. The van der Waals surface area contributed by atoms with Crippen LogP contribution in [0.15, 0.2) is 152 Å². The summed E-state index contributed by atoms with van der Waals surface area (Å²) in [4.78, 5) is 24.1. The van der Waals surface area contributed by atoms with Crippen molar-refractivity contribution in [3.8, 4) is 62.5 Å². The molecule has 0 aliphatic heterocycles. The Morgan fingerprint density at radius 1 is 0.565 bits per heavy atom. The average Bonchev–Trinajstić information content (AvgIpc) is 3.47. The number of benzene rings is 4. The minimum atomic E-state index is 0.626. The zero-order chi connectivity index (χ0) is 31.3. The molecule has 7 rings (SSSR count). The van der Waals surface area contributed by atoms with E-state index in [4.69, 9.17) is 19.9 Å². The van der Waals surface area contributed by atoms with Crippen LogP contribution in [0.25, 0.3) is 68.6 Å². The molecule has 0 saturated heterocycles. The molecule has 3 heterocycles. The first-order chi connectivity index (χ1) is 22.7. The molecule has 6 nitrogen and oxygen atoms in total. The van der Waals surface area contributed by atoms with Crippen molar-refractivity contribution in [2.45, 2.75) is 6.92 Å². The minimum absolute atomic E-state index is 0.626. The second-order valence-corrected chi connectivity index (χ2v) is 10.7. The van der Waals surface area contributed by atoms with Gasteiger partial charge >= 0.3 is 0 Å². The van der Waals surface area contributed by atoms with Crippen LogP contribution in [-0.2, 0) is 0 Å². The van der Waals surface area contributed by atoms with Crippen molar-refractivity contribution >= 4 is 6.08 Å². The predicted molar refractivity (Wildman–Crippen MR) is 186 cm³/mol. The van der Waals surface area contributed by atoms with Crippen LogP contribution < -0.4 is 0 Å². The van der Waals surface area contributed by atoms with Gasteiger partial charge in [-0.2, -0.15) is 0 Å². The van der Waals surface area contributed by atoms with Crippen LogP contribution in [0.5, 0.6) is 0 Å². The van der Waals surface area contributed by atoms with Crippen LogP contribution in [0.2, 0.25) is 0 Å². The number of aryl methyl sites for hydroxylation is 1. The number of rotatable bonds is 8. The molecule has 0 atom stereocenters. The maximum Gasteiger partial charge on any atom is 0.164 e. The quantitative estimate of drug-likeness (QED) is 0.164. The van der Waals surface area contributed by atoms with E-state index in [1.165, 1.54) is 0 Å². The molecule has 46 heavy (non-hydrogen) atoms. The number of hydrogen-bond acceptors (Lipinski definition) is 5. The standard InChI is InChI=1S/C40H30N6/c1-3-4-21-36-28(2)42-40(35-20-11-12-26-41-35)46(36)34-19-13-18-33(27-34)29-22-24-32(25-23-29)39-44-37(30-14-7-5-8-15-30)43-38(45-39)31-16-9-6-10-17-31/h3-27H,1H2,2H3/b21-4-. The van der Waals surface area contributed by atoms with Gasteiger partial charge in [-0.15, -0.1) is 0 Å². The smallest absolute Gasteiger partial charge is 0.164 e. The number of pyridine rings is 1. The third-order valence-electron chi connectivity index (χ3n) is 7.66. The van der Waals surface area contributed by atoms with Crippen molar-refractivity contribution in [2.24, 2.45) is 0 Å². The molecule has 0 amide bonds. The predicted octanol–water partition coefficient (Wildman–Crippen LogP) is 9.29. The average molecular weight is 595 g/mol. The summed E-state index contributed by atoms with van der Waals surface area (Å²) in [6, 6.07) is 42.7. The molecule has 0 unspecified atom stereocenters. The summed E-state index contributed by atoms with van der Waals surface area (Å²) < 4.78 is 2.15. The van der Waals surface area contributed by atoms with Gasteiger partial charge in [-0.1, -0.05) is 122 Å². The Hall–Kier alpha value is -6.27. The second-order valence-electron chi connectivity index (χ2n) is 10.7. The third-order valence-corrected chi connectivity index (χ3v) is 7.66. The molecule has 0 aliphatic carbocycles. The van der Waals surface area contributed by atoms with Crippen LogP contribution in [-0.4, -0.2) is 29.5 Å². The maximum absolute atomic E-state index is 4.91. The van der Waals surface area contributed by atoms with E-state index in [0.717, 1.165) is 56.4 Å². The summed E-state index contributed by atoms with van der Waals surface area (Å²) in [5.41, 5.74) is 8.64. The summed E-state index contributed by atoms with van der Waals surface area (Å²) >= 11 is 0. The van der Waals surface area contributed by atoms with Gasteiger partial charge in [0.1, 0.15) is 5.69 Å². The Morgan fingerprint density at radius 3 is 1.72 bits per heavy atom. The number of nitrogens with zero attached hydrogens (tertiary/aromatic N) is 6. The van der Waals surface area contributed by atoms with Gasteiger partial charge in [-0.05, 0) is 48.4 Å². The lowest BCUT2D eigenvalue weighted by molar-refractivity contribution is 1.04. The zero-order valence-corrected chi connectivity index (χ0v) is 25.3. The van der Waals surface area contributed by atoms with Gasteiger partial charge in [0.05, 0.1) is 11.4 Å². The summed E-state index contributed by atoms with van der Waals surface area (Å²) in [7, 11) is 0. The number of allylic oxidation sites excluding steroid dienone is 2. The highest BCUT2D eigenvalue weighted by atomic mass is 15.1. The molecule has 0 aliphatic rings. The van der Waals surface area contributed by atoms with Crippen LogP contribution in [0, 0.1) is 6.92 Å². The van der Waals surface area contributed by atoms with Crippen molar-refractivity contribution < 1.29 is 0 Å². The summed E-state index contributed by atoms with van der Waals surface area (Å²) in [6.07, 6.45) is 7.52. The Kier molecular flexibility index (Phi) is 7.91. The van der Waals surface area contributed by atoms with Crippen LogP contribution >= 0.6 is 0 Å². The highest BCUT2D eigenvalue weighted by Crippen LogP contribution is 2.31. The summed E-state index contributed by atoms with van der Waals surface area (Å²) in [5, 5.41) is 0. The zero-order valence-electron chi connectivity index (χ0n) is 25.3. The van der Waals surface area contributed by atoms with Gasteiger partial charge in [0, 0.05) is 28.6 Å². The molecule has 0 radical (unpaired) electrons. The molecule has 7 aromatic rings. The van der Waals surface area contributed by atoms with Crippen molar-refractivity contribution in [2.75, 3.05) is 0 Å². The number of aromatic nitrogens is 6. The minimum Gasteiger partial charge on any atom is -0.291 e. The fourth-order valence-electron chi connectivity index (χ4n) is 5.40. The lowest BCUT2D eigenvalue weighted by Crippen LogP contribution is -2.01. The molecule has 4 aromatic carbocycles. The Balaban J connectivity index is 1.28. The highest BCUT2D eigenvalue weighted by Gasteiger charge is 2.17. The molecule has 6 heteroatoms. The topological polar surface area (TPSA) is 69.4 Å². The van der Waals surface area contributed by atoms with Crippen LogP contribution in [0.3, 0.4) is 0 Å². The lowest BCUT2D eigenvalue weighted by Gasteiger charge is -2.13. The van der Waals surface area contributed by atoms with Crippen molar-refractivity contribution in [1.82, 2.24) is 29.5 Å². The molecule has 3 aromatic heterocycles. The van der Waals surface area contributed by atoms with Gasteiger partial charge in [0.2, 0.25) is 0 Å². The fourth-order valence-corrected chi connectivity index (χ4v) is 5.40. The normalized spacial score (nSPS) is 11.2. The number of hydrogen-bond donors (Lipinski definition) is 0. The van der Waals surface area contributed by atoms with E-state index in [2.05, 4.69) is 64.7 Å². The molecule has 0 saturated carbocycles.